The lowest BCUT2D eigenvalue weighted by Gasteiger charge is -2.20. The summed E-state index contributed by atoms with van der Waals surface area (Å²) < 4.78 is 0. The maximum absolute atomic E-state index is 11.8. The van der Waals surface area contributed by atoms with E-state index < -0.39 is 5.41 Å². The number of hydrogen-bond donors (Lipinski definition) is 2. The first-order valence-corrected chi connectivity index (χ1v) is 4.51. The summed E-state index contributed by atoms with van der Waals surface area (Å²) in [5.41, 5.74) is 5.54. The Balaban J connectivity index is 2.96. The number of Topliss-reactive ketones (excluding diaryl/α,β-unsaturated/α-hetero) is 1. The van der Waals surface area contributed by atoms with Crippen molar-refractivity contribution in [2.45, 2.75) is 13.8 Å². The van der Waals surface area contributed by atoms with Crippen LogP contribution < -0.4 is 5.73 Å². The third-order valence-electron chi connectivity index (χ3n) is 2.25. The number of phenols is 1. The van der Waals surface area contributed by atoms with Gasteiger partial charge in [0, 0.05) is 17.5 Å². The molecule has 0 heterocycles. The first kappa shape index (κ1) is 10.7. The zero-order valence-corrected chi connectivity index (χ0v) is 8.45. The summed E-state index contributed by atoms with van der Waals surface area (Å²) in [6.45, 7) is 3.93. The first-order valence-electron chi connectivity index (χ1n) is 4.51. The summed E-state index contributed by atoms with van der Waals surface area (Å²) >= 11 is 0. The molecule has 0 bridgehead atoms. The van der Waals surface area contributed by atoms with Crippen LogP contribution in [0.25, 0.3) is 0 Å². The average Bonchev–Trinajstić information content (AvgIpc) is 2.18. The number of nitrogens with two attached hydrogens (primary N) is 1. The molecule has 14 heavy (non-hydrogen) atoms. The van der Waals surface area contributed by atoms with Crippen LogP contribution in [-0.4, -0.2) is 17.4 Å². The maximum Gasteiger partial charge on any atom is 0.169 e. The predicted octanol–water partition coefficient (Wildman–Crippen LogP) is 1.56. The maximum atomic E-state index is 11.8. The average molecular weight is 193 g/mol. The van der Waals surface area contributed by atoms with Gasteiger partial charge in [0.15, 0.2) is 5.78 Å². The van der Waals surface area contributed by atoms with E-state index in [0.717, 1.165) is 0 Å². The molecular formula is C11H15NO2. The molecule has 0 amide bonds. The molecule has 0 aliphatic heterocycles. The Morgan fingerprint density at radius 2 is 1.86 bits per heavy atom. The van der Waals surface area contributed by atoms with E-state index in [-0.39, 0.29) is 11.5 Å². The summed E-state index contributed by atoms with van der Waals surface area (Å²) in [6, 6.07) is 6.21. The van der Waals surface area contributed by atoms with Crippen molar-refractivity contribution in [2.24, 2.45) is 11.1 Å². The fourth-order valence-electron chi connectivity index (χ4n) is 1.10. The van der Waals surface area contributed by atoms with Crippen LogP contribution in [0.3, 0.4) is 0 Å². The summed E-state index contributed by atoms with van der Waals surface area (Å²) in [7, 11) is 0. The molecule has 0 atom stereocenters. The number of carbonyl (C=O) groups excluding carboxylic acids is 1. The highest BCUT2D eigenvalue weighted by Crippen LogP contribution is 2.21. The van der Waals surface area contributed by atoms with E-state index >= 15 is 0 Å². The van der Waals surface area contributed by atoms with Gasteiger partial charge in [0.25, 0.3) is 0 Å². The predicted molar refractivity (Wildman–Crippen MR) is 55.3 cm³/mol. The molecule has 0 unspecified atom stereocenters. The highest BCUT2D eigenvalue weighted by molar-refractivity contribution is 6.00. The van der Waals surface area contributed by atoms with Gasteiger partial charge in [-0.05, 0) is 24.3 Å². The smallest absolute Gasteiger partial charge is 0.169 e. The van der Waals surface area contributed by atoms with Crippen molar-refractivity contribution in [3.05, 3.63) is 29.8 Å². The van der Waals surface area contributed by atoms with Crippen LogP contribution in [0, 0.1) is 5.41 Å². The van der Waals surface area contributed by atoms with Crippen molar-refractivity contribution >= 4 is 5.78 Å². The van der Waals surface area contributed by atoms with Crippen LogP contribution in [-0.2, 0) is 0 Å². The molecule has 0 spiro atoms. The van der Waals surface area contributed by atoms with E-state index in [0.29, 0.717) is 12.1 Å². The standard InChI is InChI=1S/C11H15NO2/c1-11(2,7-12)10(14)8-3-5-9(13)6-4-8/h3-6,13H,7,12H2,1-2H3. The molecule has 1 aromatic rings. The number of aromatic hydroxyl groups is 1. The van der Waals surface area contributed by atoms with Gasteiger partial charge in [-0.15, -0.1) is 0 Å². The van der Waals surface area contributed by atoms with Crippen LogP contribution in [0.15, 0.2) is 24.3 Å². The van der Waals surface area contributed by atoms with Crippen molar-refractivity contribution in [3.63, 3.8) is 0 Å². The number of ketones is 1. The molecule has 0 aliphatic carbocycles. The van der Waals surface area contributed by atoms with Gasteiger partial charge in [0.1, 0.15) is 5.75 Å². The minimum atomic E-state index is -0.545. The molecule has 0 saturated carbocycles. The Bertz CT molecular complexity index is 328. The van der Waals surface area contributed by atoms with Gasteiger partial charge < -0.3 is 10.8 Å². The number of phenolic OH excluding ortho intramolecular Hbond substituents is 1. The van der Waals surface area contributed by atoms with Gasteiger partial charge in [-0.2, -0.15) is 0 Å². The lowest BCUT2D eigenvalue weighted by atomic mass is 9.84. The van der Waals surface area contributed by atoms with Crippen molar-refractivity contribution < 1.29 is 9.90 Å². The number of hydrogen-bond acceptors (Lipinski definition) is 3. The van der Waals surface area contributed by atoms with Crippen LogP contribution in [0.1, 0.15) is 24.2 Å². The number of rotatable bonds is 3. The molecule has 1 rings (SSSR count). The molecule has 1 aromatic carbocycles. The van der Waals surface area contributed by atoms with Gasteiger partial charge in [-0.1, -0.05) is 13.8 Å². The van der Waals surface area contributed by atoms with Gasteiger partial charge >= 0.3 is 0 Å². The normalized spacial score (nSPS) is 11.4. The molecule has 76 valence electrons. The van der Waals surface area contributed by atoms with E-state index in [9.17, 15) is 4.79 Å². The summed E-state index contributed by atoms with van der Waals surface area (Å²) in [6.07, 6.45) is 0. The largest absolute Gasteiger partial charge is 0.508 e. The van der Waals surface area contributed by atoms with E-state index in [1.54, 1.807) is 12.1 Å². The molecule has 0 aromatic heterocycles. The summed E-state index contributed by atoms with van der Waals surface area (Å²) in [4.78, 5) is 11.8. The fraction of sp³-hybridized carbons (Fsp3) is 0.364. The molecule has 0 saturated heterocycles. The van der Waals surface area contributed by atoms with Crippen LogP contribution >= 0.6 is 0 Å². The van der Waals surface area contributed by atoms with E-state index in [4.69, 9.17) is 10.8 Å². The number of benzene rings is 1. The highest BCUT2D eigenvalue weighted by atomic mass is 16.3. The Kier molecular flexibility index (Phi) is 2.91. The zero-order chi connectivity index (χ0) is 10.8. The monoisotopic (exact) mass is 193 g/mol. The van der Waals surface area contributed by atoms with Gasteiger partial charge in [-0.3, -0.25) is 4.79 Å². The SMILES string of the molecule is CC(C)(CN)C(=O)c1ccc(O)cc1. The topological polar surface area (TPSA) is 63.3 Å². The second-order valence-electron chi connectivity index (χ2n) is 3.96. The van der Waals surface area contributed by atoms with Crippen molar-refractivity contribution in [1.82, 2.24) is 0 Å². The molecular weight excluding hydrogens is 178 g/mol. The minimum absolute atomic E-state index is 0.000000000000000444. The Morgan fingerprint density at radius 3 is 2.29 bits per heavy atom. The molecule has 3 N–H and O–H groups in total. The van der Waals surface area contributed by atoms with Crippen LogP contribution in [0.2, 0.25) is 0 Å². The van der Waals surface area contributed by atoms with Crippen LogP contribution in [0.5, 0.6) is 5.75 Å². The van der Waals surface area contributed by atoms with Gasteiger partial charge in [0.2, 0.25) is 0 Å². The molecule has 3 nitrogen and oxygen atoms in total. The Labute approximate surface area is 83.6 Å². The Hall–Kier alpha value is -1.35. The molecule has 3 heteroatoms. The quantitative estimate of drug-likeness (QED) is 0.716. The third-order valence-corrected chi connectivity index (χ3v) is 2.25. The third kappa shape index (κ3) is 2.12. The summed E-state index contributed by atoms with van der Waals surface area (Å²) in [5.74, 6) is 0.159. The van der Waals surface area contributed by atoms with Crippen molar-refractivity contribution in [1.29, 1.82) is 0 Å². The van der Waals surface area contributed by atoms with Crippen molar-refractivity contribution in [3.8, 4) is 5.75 Å². The number of carbonyl (C=O) groups is 1. The van der Waals surface area contributed by atoms with E-state index in [1.807, 2.05) is 13.8 Å². The second-order valence-corrected chi connectivity index (χ2v) is 3.96. The minimum Gasteiger partial charge on any atom is -0.508 e. The zero-order valence-electron chi connectivity index (χ0n) is 8.45. The van der Waals surface area contributed by atoms with Gasteiger partial charge in [-0.25, -0.2) is 0 Å². The van der Waals surface area contributed by atoms with Gasteiger partial charge in [0.05, 0.1) is 0 Å². The molecule has 0 aliphatic rings. The summed E-state index contributed by atoms with van der Waals surface area (Å²) in [5, 5.41) is 9.06. The fourth-order valence-corrected chi connectivity index (χ4v) is 1.10. The first-order chi connectivity index (χ1) is 6.47. The highest BCUT2D eigenvalue weighted by Gasteiger charge is 2.26. The molecule has 0 radical (unpaired) electrons. The molecule has 0 fully saturated rings. The van der Waals surface area contributed by atoms with Crippen molar-refractivity contribution in [2.75, 3.05) is 6.54 Å². The lowest BCUT2D eigenvalue weighted by molar-refractivity contribution is 0.0847. The van der Waals surface area contributed by atoms with Crippen LogP contribution in [0.4, 0.5) is 0 Å². The lowest BCUT2D eigenvalue weighted by Crippen LogP contribution is -2.32. The Morgan fingerprint density at radius 1 is 1.36 bits per heavy atom. The van der Waals surface area contributed by atoms with E-state index in [2.05, 4.69) is 0 Å². The second kappa shape index (κ2) is 3.80. The van der Waals surface area contributed by atoms with E-state index in [1.165, 1.54) is 12.1 Å².